The van der Waals surface area contributed by atoms with Crippen molar-refractivity contribution in [1.29, 1.82) is 0 Å². The highest BCUT2D eigenvalue weighted by Gasteiger charge is 2.17. The zero-order valence-electron chi connectivity index (χ0n) is 13.2. The lowest BCUT2D eigenvalue weighted by molar-refractivity contribution is -0.123. The van der Waals surface area contributed by atoms with Crippen LogP contribution in [0.5, 0.6) is 5.75 Å². The standard InChI is InChI=1S/C18H17N3O3/c1-13(19-16(22)12-23-15-10-6-3-7-11-15)18-20-17(21-24-18)14-8-4-2-5-9-14/h2-11,13H,12H2,1H3,(H,19,22). The molecule has 0 fully saturated rings. The number of ether oxygens (including phenoxy) is 1. The zero-order chi connectivity index (χ0) is 16.8. The summed E-state index contributed by atoms with van der Waals surface area (Å²) in [7, 11) is 0. The minimum Gasteiger partial charge on any atom is -0.484 e. The van der Waals surface area contributed by atoms with E-state index in [4.69, 9.17) is 9.26 Å². The van der Waals surface area contributed by atoms with E-state index in [-0.39, 0.29) is 12.5 Å². The van der Waals surface area contributed by atoms with E-state index in [2.05, 4.69) is 15.5 Å². The fraction of sp³-hybridized carbons (Fsp3) is 0.167. The highest BCUT2D eigenvalue weighted by Crippen LogP contribution is 2.18. The van der Waals surface area contributed by atoms with Gasteiger partial charge < -0.3 is 14.6 Å². The molecule has 1 heterocycles. The van der Waals surface area contributed by atoms with Crippen molar-refractivity contribution in [3.8, 4) is 17.1 Å². The summed E-state index contributed by atoms with van der Waals surface area (Å²) in [6.07, 6.45) is 0. The first-order chi connectivity index (χ1) is 11.7. The molecule has 0 spiro atoms. The Morgan fingerprint density at radius 3 is 2.50 bits per heavy atom. The van der Waals surface area contributed by atoms with Crippen LogP contribution in [-0.4, -0.2) is 22.7 Å². The molecule has 3 rings (SSSR count). The summed E-state index contributed by atoms with van der Waals surface area (Å²) in [6, 6.07) is 18.3. The second-order valence-electron chi connectivity index (χ2n) is 5.21. The van der Waals surface area contributed by atoms with Crippen molar-refractivity contribution >= 4 is 5.91 Å². The SMILES string of the molecule is CC(NC(=O)COc1ccccc1)c1nc(-c2ccccc2)no1. The summed E-state index contributed by atoms with van der Waals surface area (Å²) in [5.41, 5.74) is 0.860. The van der Waals surface area contributed by atoms with E-state index < -0.39 is 6.04 Å². The molecule has 6 nitrogen and oxygen atoms in total. The second-order valence-corrected chi connectivity index (χ2v) is 5.21. The molecule has 2 aromatic carbocycles. The fourth-order valence-corrected chi connectivity index (χ4v) is 2.13. The number of nitrogens with one attached hydrogen (secondary N) is 1. The number of aromatic nitrogens is 2. The van der Waals surface area contributed by atoms with Crippen LogP contribution >= 0.6 is 0 Å². The van der Waals surface area contributed by atoms with E-state index in [0.717, 1.165) is 5.56 Å². The van der Waals surface area contributed by atoms with Gasteiger partial charge in [-0.05, 0) is 19.1 Å². The van der Waals surface area contributed by atoms with Gasteiger partial charge in [0.25, 0.3) is 5.91 Å². The van der Waals surface area contributed by atoms with Gasteiger partial charge in [-0.25, -0.2) is 0 Å². The van der Waals surface area contributed by atoms with Gasteiger partial charge >= 0.3 is 0 Å². The largest absolute Gasteiger partial charge is 0.484 e. The van der Waals surface area contributed by atoms with E-state index in [1.54, 1.807) is 19.1 Å². The lowest BCUT2D eigenvalue weighted by Gasteiger charge is -2.10. The molecule has 0 aliphatic rings. The zero-order valence-corrected chi connectivity index (χ0v) is 13.2. The van der Waals surface area contributed by atoms with E-state index in [0.29, 0.717) is 17.5 Å². The van der Waals surface area contributed by atoms with Crippen molar-refractivity contribution < 1.29 is 14.1 Å². The van der Waals surface area contributed by atoms with Crippen molar-refractivity contribution in [2.75, 3.05) is 6.61 Å². The number of carbonyl (C=O) groups excluding carboxylic acids is 1. The molecule has 1 unspecified atom stereocenters. The number of carbonyl (C=O) groups is 1. The first-order valence-corrected chi connectivity index (χ1v) is 7.58. The molecule has 3 aromatic rings. The predicted octanol–water partition coefficient (Wildman–Crippen LogP) is 2.99. The second kappa shape index (κ2) is 7.41. The van der Waals surface area contributed by atoms with Crippen LogP contribution in [-0.2, 0) is 4.79 Å². The van der Waals surface area contributed by atoms with Crippen molar-refractivity contribution in [2.24, 2.45) is 0 Å². The monoisotopic (exact) mass is 323 g/mol. The Morgan fingerprint density at radius 1 is 1.12 bits per heavy atom. The van der Waals surface area contributed by atoms with E-state index in [1.807, 2.05) is 48.5 Å². The summed E-state index contributed by atoms with van der Waals surface area (Å²) >= 11 is 0. The van der Waals surface area contributed by atoms with Crippen LogP contribution in [0.2, 0.25) is 0 Å². The number of benzene rings is 2. The first-order valence-electron chi connectivity index (χ1n) is 7.58. The van der Waals surface area contributed by atoms with Gasteiger partial charge in [-0.3, -0.25) is 4.79 Å². The minimum absolute atomic E-state index is 0.0754. The number of nitrogens with zero attached hydrogens (tertiary/aromatic N) is 2. The molecule has 1 N–H and O–H groups in total. The molecule has 0 saturated carbocycles. The number of para-hydroxylation sites is 1. The van der Waals surface area contributed by atoms with Gasteiger partial charge in [-0.1, -0.05) is 53.7 Å². The molecule has 0 saturated heterocycles. The van der Waals surface area contributed by atoms with E-state index in [1.165, 1.54) is 0 Å². The van der Waals surface area contributed by atoms with Gasteiger partial charge in [0, 0.05) is 5.56 Å². The number of hydrogen-bond donors (Lipinski definition) is 1. The maximum atomic E-state index is 12.0. The number of hydrogen-bond acceptors (Lipinski definition) is 5. The predicted molar refractivity (Wildman–Crippen MR) is 88.2 cm³/mol. The molecule has 0 aliphatic carbocycles. The topological polar surface area (TPSA) is 77.2 Å². The molecule has 6 heteroatoms. The van der Waals surface area contributed by atoms with E-state index in [9.17, 15) is 4.79 Å². The average Bonchev–Trinajstić information content (AvgIpc) is 3.12. The molecule has 1 amide bonds. The van der Waals surface area contributed by atoms with Crippen LogP contribution in [0.25, 0.3) is 11.4 Å². The van der Waals surface area contributed by atoms with Crippen LogP contribution in [0.4, 0.5) is 0 Å². The van der Waals surface area contributed by atoms with Crippen LogP contribution in [0, 0.1) is 0 Å². The highest BCUT2D eigenvalue weighted by molar-refractivity contribution is 5.77. The van der Waals surface area contributed by atoms with Gasteiger partial charge in [-0.15, -0.1) is 0 Å². The first kappa shape index (κ1) is 15.7. The number of amides is 1. The third-order valence-corrected chi connectivity index (χ3v) is 3.33. The van der Waals surface area contributed by atoms with E-state index >= 15 is 0 Å². The maximum absolute atomic E-state index is 12.0. The number of rotatable bonds is 6. The van der Waals surface area contributed by atoms with Crippen molar-refractivity contribution in [2.45, 2.75) is 13.0 Å². The molecule has 122 valence electrons. The Balaban J connectivity index is 1.56. The van der Waals surface area contributed by atoms with Crippen LogP contribution in [0.1, 0.15) is 18.9 Å². The average molecular weight is 323 g/mol. The summed E-state index contributed by atoms with van der Waals surface area (Å²) in [5, 5.41) is 6.71. The Kier molecular flexibility index (Phi) is 4.86. The third kappa shape index (κ3) is 3.98. The van der Waals surface area contributed by atoms with Gasteiger partial charge in [0.15, 0.2) is 6.61 Å². The molecule has 0 radical (unpaired) electrons. The van der Waals surface area contributed by atoms with Crippen molar-refractivity contribution in [1.82, 2.24) is 15.5 Å². The molecular weight excluding hydrogens is 306 g/mol. The normalized spacial score (nSPS) is 11.7. The molecule has 24 heavy (non-hydrogen) atoms. The van der Waals surface area contributed by atoms with Gasteiger partial charge in [0.1, 0.15) is 11.8 Å². The van der Waals surface area contributed by atoms with Crippen molar-refractivity contribution in [3.63, 3.8) is 0 Å². The molecule has 0 bridgehead atoms. The fourth-order valence-electron chi connectivity index (χ4n) is 2.13. The van der Waals surface area contributed by atoms with Gasteiger partial charge in [-0.2, -0.15) is 4.98 Å². The lowest BCUT2D eigenvalue weighted by Crippen LogP contribution is -2.31. The van der Waals surface area contributed by atoms with Crippen molar-refractivity contribution in [3.05, 3.63) is 66.6 Å². The Morgan fingerprint density at radius 2 is 1.79 bits per heavy atom. The highest BCUT2D eigenvalue weighted by atomic mass is 16.5. The van der Waals surface area contributed by atoms with Crippen LogP contribution in [0.15, 0.2) is 65.2 Å². The molecule has 0 aliphatic heterocycles. The Bertz CT molecular complexity index is 788. The van der Waals surface area contributed by atoms with Gasteiger partial charge in [0.05, 0.1) is 0 Å². The molecule has 1 atom stereocenters. The van der Waals surface area contributed by atoms with Crippen LogP contribution in [0.3, 0.4) is 0 Å². The summed E-state index contributed by atoms with van der Waals surface area (Å²) in [5.74, 6) is 1.23. The Labute approximate surface area is 139 Å². The smallest absolute Gasteiger partial charge is 0.258 e. The van der Waals surface area contributed by atoms with Crippen LogP contribution < -0.4 is 10.1 Å². The summed E-state index contributed by atoms with van der Waals surface area (Å²) in [6.45, 7) is 1.71. The minimum atomic E-state index is -0.401. The Hall–Kier alpha value is -3.15. The van der Waals surface area contributed by atoms with Gasteiger partial charge in [0.2, 0.25) is 11.7 Å². The quantitative estimate of drug-likeness (QED) is 0.754. The lowest BCUT2D eigenvalue weighted by atomic mass is 10.2. The molecule has 1 aromatic heterocycles. The molecular formula is C18H17N3O3. The summed E-state index contributed by atoms with van der Waals surface area (Å²) < 4.78 is 10.6. The summed E-state index contributed by atoms with van der Waals surface area (Å²) in [4.78, 5) is 16.3. The third-order valence-electron chi connectivity index (χ3n) is 3.33. The maximum Gasteiger partial charge on any atom is 0.258 e.